The molecule has 0 unspecified atom stereocenters. The van der Waals surface area contributed by atoms with Crippen LogP contribution in [0.1, 0.15) is 43.5 Å². The maximum absolute atomic E-state index is 12.3. The molecule has 9 heteroatoms. The first kappa shape index (κ1) is 21.5. The van der Waals surface area contributed by atoms with Gasteiger partial charge in [-0.05, 0) is 18.3 Å². The van der Waals surface area contributed by atoms with Gasteiger partial charge in [-0.2, -0.15) is 0 Å². The Labute approximate surface area is 163 Å². The molecule has 3 atom stereocenters. The number of carbonyl (C=O) groups excluding carboxylic acids is 2. The number of nitro groups is 1. The lowest BCUT2D eigenvalue weighted by molar-refractivity contribution is -0.385. The van der Waals surface area contributed by atoms with E-state index in [0.717, 1.165) is 25.3 Å². The first-order valence-corrected chi connectivity index (χ1v) is 9.15. The molecule has 0 radical (unpaired) electrons. The van der Waals surface area contributed by atoms with Crippen LogP contribution in [0, 0.1) is 22.0 Å². The molecule has 0 aromatic heterocycles. The average Bonchev–Trinajstić information content (AvgIpc) is 2.68. The zero-order valence-electron chi connectivity index (χ0n) is 16.5. The summed E-state index contributed by atoms with van der Waals surface area (Å²) in [6.07, 6.45) is 3.05. The number of hydrogen-bond acceptors (Lipinski definition) is 7. The molecule has 0 aliphatic heterocycles. The highest BCUT2D eigenvalue weighted by molar-refractivity contribution is 5.96. The smallest absolute Gasteiger partial charge is 0.345 e. The zero-order valence-corrected chi connectivity index (χ0v) is 16.5. The average molecular weight is 394 g/mol. The quantitative estimate of drug-likeness (QED) is 0.429. The summed E-state index contributed by atoms with van der Waals surface area (Å²) in [5.74, 6) is -0.301. The van der Waals surface area contributed by atoms with E-state index in [1.165, 1.54) is 20.3 Å². The van der Waals surface area contributed by atoms with E-state index in [1.807, 2.05) is 0 Å². The molecule has 154 valence electrons. The Bertz CT molecular complexity index is 750. The number of rotatable bonds is 7. The molecular weight excluding hydrogens is 368 g/mol. The maximum Gasteiger partial charge on any atom is 0.345 e. The lowest BCUT2D eigenvalue weighted by Crippen LogP contribution is -2.45. The van der Waals surface area contributed by atoms with Crippen LogP contribution in [0.5, 0.6) is 11.5 Å². The third kappa shape index (κ3) is 4.90. The number of nitrogens with zero attached hydrogens (tertiary/aromatic N) is 1. The molecule has 1 aliphatic rings. The van der Waals surface area contributed by atoms with Crippen LogP contribution in [-0.2, 0) is 9.53 Å². The van der Waals surface area contributed by atoms with Crippen molar-refractivity contribution in [3.05, 3.63) is 27.8 Å². The van der Waals surface area contributed by atoms with Gasteiger partial charge in [0.2, 0.25) is 0 Å². The zero-order chi connectivity index (χ0) is 20.8. The summed E-state index contributed by atoms with van der Waals surface area (Å²) in [7, 11) is 2.68. The van der Waals surface area contributed by atoms with Crippen LogP contribution < -0.4 is 14.8 Å². The van der Waals surface area contributed by atoms with Crippen molar-refractivity contribution >= 4 is 17.6 Å². The van der Waals surface area contributed by atoms with Gasteiger partial charge < -0.3 is 19.5 Å². The number of nitro benzene ring substituents is 1. The molecular formula is C19H26N2O7. The predicted molar refractivity (Wildman–Crippen MR) is 101 cm³/mol. The van der Waals surface area contributed by atoms with Gasteiger partial charge in [-0.3, -0.25) is 14.9 Å². The van der Waals surface area contributed by atoms with E-state index >= 15 is 0 Å². The van der Waals surface area contributed by atoms with Crippen LogP contribution >= 0.6 is 0 Å². The van der Waals surface area contributed by atoms with Gasteiger partial charge in [0.25, 0.3) is 11.6 Å². The van der Waals surface area contributed by atoms with Crippen molar-refractivity contribution in [1.29, 1.82) is 0 Å². The van der Waals surface area contributed by atoms with Crippen LogP contribution in [0.25, 0.3) is 0 Å². The molecule has 2 rings (SSSR count). The number of carbonyl (C=O) groups is 2. The Kier molecular flexibility index (Phi) is 7.19. The lowest BCUT2D eigenvalue weighted by Gasteiger charge is -2.34. The summed E-state index contributed by atoms with van der Waals surface area (Å²) in [6, 6.07) is 2.29. The van der Waals surface area contributed by atoms with E-state index < -0.39 is 29.1 Å². The predicted octanol–water partition coefficient (Wildman–Crippen LogP) is 2.71. The second-order valence-electron chi connectivity index (χ2n) is 7.00. The second-order valence-corrected chi connectivity index (χ2v) is 7.00. The highest BCUT2D eigenvalue weighted by Crippen LogP contribution is 2.35. The third-order valence-electron chi connectivity index (χ3n) is 5.31. The van der Waals surface area contributed by atoms with E-state index in [2.05, 4.69) is 19.2 Å². The molecule has 1 amide bonds. The molecule has 1 aromatic rings. The van der Waals surface area contributed by atoms with Crippen molar-refractivity contribution in [3.63, 3.8) is 0 Å². The summed E-state index contributed by atoms with van der Waals surface area (Å²) in [6.45, 7) is 3.73. The summed E-state index contributed by atoms with van der Waals surface area (Å²) in [4.78, 5) is 35.1. The SMILES string of the molecule is COc1cc(C(=O)OCC(=O)N[C@@H]2CCC[C@H](C)[C@@H]2C)c([N+](=O)[O-])cc1OC. The molecule has 1 aliphatic carbocycles. The second kappa shape index (κ2) is 9.38. The number of hydrogen-bond donors (Lipinski definition) is 1. The minimum Gasteiger partial charge on any atom is -0.493 e. The molecule has 0 saturated heterocycles. The molecule has 1 aromatic carbocycles. The van der Waals surface area contributed by atoms with Gasteiger partial charge in [-0.1, -0.05) is 26.7 Å². The van der Waals surface area contributed by atoms with Gasteiger partial charge in [-0.25, -0.2) is 4.79 Å². The van der Waals surface area contributed by atoms with E-state index in [4.69, 9.17) is 14.2 Å². The number of benzene rings is 1. The van der Waals surface area contributed by atoms with Crippen LogP contribution in [0.2, 0.25) is 0 Å². The van der Waals surface area contributed by atoms with Gasteiger partial charge >= 0.3 is 5.97 Å². The van der Waals surface area contributed by atoms with Crippen molar-refractivity contribution in [2.75, 3.05) is 20.8 Å². The molecule has 28 heavy (non-hydrogen) atoms. The number of amides is 1. The van der Waals surface area contributed by atoms with E-state index in [0.29, 0.717) is 11.8 Å². The normalized spacial score (nSPS) is 21.5. The molecule has 1 N–H and O–H groups in total. The molecule has 0 heterocycles. The minimum absolute atomic E-state index is 0.0327. The topological polar surface area (TPSA) is 117 Å². The Morgan fingerprint density at radius 1 is 1.18 bits per heavy atom. The van der Waals surface area contributed by atoms with E-state index in [9.17, 15) is 19.7 Å². The first-order chi connectivity index (χ1) is 13.3. The fraction of sp³-hybridized carbons (Fsp3) is 0.579. The van der Waals surface area contributed by atoms with Crippen molar-refractivity contribution in [3.8, 4) is 11.5 Å². The standard InChI is InChI=1S/C19H26N2O7/c1-11-6-5-7-14(12(11)2)20-18(22)10-28-19(23)13-8-16(26-3)17(27-4)9-15(13)21(24)25/h8-9,11-12,14H,5-7,10H2,1-4H3,(H,20,22)/t11-,12-,14+/m0/s1. The van der Waals surface area contributed by atoms with Gasteiger partial charge in [0, 0.05) is 12.1 Å². The Hall–Kier alpha value is -2.84. The number of nitrogens with one attached hydrogen (secondary N) is 1. The van der Waals surface area contributed by atoms with Gasteiger partial charge in [-0.15, -0.1) is 0 Å². The number of esters is 1. The summed E-state index contributed by atoms with van der Waals surface area (Å²) < 4.78 is 15.1. The van der Waals surface area contributed by atoms with E-state index in [1.54, 1.807) is 0 Å². The molecule has 1 saturated carbocycles. The van der Waals surface area contributed by atoms with Crippen LogP contribution in [-0.4, -0.2) is 43.7 Å². The fourth-order valence-electron chi connectivity index (χ4n) is 3.43. The summed E-state index contributed by atoms with van der Waals surface area (Å²) in [5, 5.41) is 14.2. The number of ether oxygens (including phenoxy) is 3. The maximum atomic E-state index is 12.3. The summed E-state index contributed by atoms with van der Waals surface area (Å²) in [5.41, 5.74) is -0.798. The number of methoxy groups -OCH3 is 2. The van der Waals surface area contributed by atoms with Crippen LogP contribution in [0.3, 0.4) is 0 Å². The van der Waals surface area contributed by atoms with Crippen molar-refractivity contribution in [2.24, 2.45) is 11.8 Å². The Morgan fingerprint density at radius 3 is 2.43 bits per heavy atom. The molecule has 9 nitrogen and oxygen atoms in total. The van der Waals surface area contributed by atoms with Gasteiger partial charge in [0.1, 0.15) is 5.56 Å². The molecule has 1 fully saturated rings. The van der Waals surface area contributed by atoms with Crippen LogP contribution in [0.4, 0.5) is 5.69 Å². The lowest BCUT2D eigenvalue weighted by atomic mass is 9.78. The largest absolute Gasteiger partial charge is 0.493 e. The van der Waals surface area contributed by atoms with Gasteiger partial charge in [0.05, 0.1) is 25.2 Å². The highest BCUT2D eigenvalue weighted by Gasteiger charge is 2.29. The minimum atomic E-state index is -0.979. The van der Waals surface area contributed by atoms with Crippen molar-refractivity contribution < 1.29 is 28.7 Å². The van der Waals surface area contributed by atoms with Crippen molar-refractivity contribution in [1.82, 2.24) is 5.32 Å². The van der Waals surface area contributed by atoms with Crippen LogP contribution in [0.15, 0.2) is 12.1 Å². The Balaban J connectivity index is 2.06. The van der Waals surface area contributed by atoms with Gasteiger partial charge in [0.15, 0.2) is 18.1 Å². The van der Waals surface area contributed by atoms with Crippen molar-refractivity contribution in [2.45, 2.75) is 39.2 Å². The highest BCUT2D eigenvalue weighted by atomic mass is 16.6. The first-order valence-electron chi connectivity index (χ1n) is 9.15. The molecule has 0 spiro atoms. The monoisotopic (exact) mass is 394 g/mol. The van der Waals surface area contributed by atoms with E-state index in [-0.39, 0.29) is 23.1 Å². The summed E-state index contributed by atoms with van der Waals surface area (Å²) >= 11 is 0. The molecule has 0 bridgehead atoms. The Morgan fingerprint density at radius 2 is 1.82 bits per heavy atom. The fourth-order valence-corrected chi connectivity index (χ4v) is 3.43. The third-order valence-corrected chi connectivity index (χ3v) is 5.31.